The number of aryl methyl sites for hydroxylation is 3. The van der Waals surface area contributed by atoms with Crippen molar-refractivity contribution in [1.82, 2.24) is 25.1 Å². The largest absolute Gasteiger partial charge is 0.302 e. The second-order valence-electron chi connectivity index (χ2n) is 5.62. The lowest BCUT2D eigenvalue weighted by Crippen LogP contribution is -2.20. The smallest absolute Gasteiger partial charge is 0.127 e. The van der Waals surface area contributed by atoms with E-state index < -0.39 is 0 Å². The number of H-pyrrole nitrogens is 1. The summed E-state index contributed by atoms with van der Waals surface area (Å²) in [4.78, 5) is 11.0. The predicted molar refractivity (Wildman–Crippen MR) is 84.1 cm³/mol. The molecular formula is C16H25N5. The maximum atomic E-state index is 4.34. The van der Waals surface area contributed by atoms with Gasteiger partial charge < -0.3 is 4.90 Å². The Balaban J connectivity index is 1.78. The highest BCUT2D eigenvalue weighted by atomic mass is 15.1. The Labute approximate surface area is 126 Å². The van der Waals surface area contributed by atoms with Gasteiger partial charge in [-0.3, -0.25) is 5.10 Å². The van der Waals surface area contributed by atoms with Gasteiger partial charge in [0.2, 0.25) is 0 Å². The summed E-state index contributed by atoms with van der Waals surface area (Å²) in [5.74, 6) is 0.910. The van der Waals surface area contributed by atoms with Gasteiger partial charge in [-0.2, -0.15) is 5.10 Å². The fraction of sp³-hybridized carbons (Fsp3) is 0.562. The van der Waals surface area contributed by atoms with Crippen LogP contribution < -0.4 is 0 Å². The first kappa shape index (κ1) is 15.6. The molecule has 2 rings (SSSR count). The molecule has 0 aliphatic rings. The third kappa shape index (κ3) is 4.36. The molecule has 0 spiro atoms. The van der Waals surface area contributed by atoms with Gasteiger partial charge in [0, 0.05) is 36.6 Å². The van der Waals surface area contributed by atoms with Gasteiger partial charge in [-0.25, -0.2) is 9.97 Å². The van der Waals surface area contributed by atoms with Crippen LogP contribution in [0.2, 0.25) is 0 Å². The predicted octanol–water partition coefficient (Wildman–Crippen LogP) is 2.44. The maximum Gasteiger partial charge on any atom is 0.127 e. The topological polar surface area (TPSA) is 57.7 Å². The average molecular weight is 287 g/mol. The van der Waals surface area contributed by atoms with Crippen molar-refractivity contribution >= 4 is 0 Å². The summed E-state index contributed by atoms with van der Waals surface area (Å²) in [6.07, 6.45) is 6.97. The Morgan fingerprint density at radius 1 is 1.19 bits per heavy atom. The molecule has 0 atom stereocenters. The van der Waals surface area contributed by atoms with E-state index in [-0.39, 0.29) is 0 Å². The average Bonchev–Trinajstić information content (AvgIpc) is 2.80. The summed E-state index contributed by atoms with van der Waals surface area (Å²) in [5, 5.41) is 7.29. The molecule has 0 radical (unpaired) electrons. The van der Waals surface area contributed by atoms with Crippen molar-refractivity contribution < 1.29 is 0 Å². The Bertz CT molecular complexity index is 539. The fourth-order valence-corrected chi connectivity index (χ4v) is 2.50. The third-order valence-electron chi connectivity index (χ3n) is 3.77. The monoisotopic (exact) mass is 287 g/mol. The lowest BCUT2D eigenvalue weighted by Gasteiger charge is -2.16. The first-order valence-corrected chi connectivity index (χ1v) is 7.59. The van der Waals surface area contributed by atoms with Gasteiger partial charge >= 0.3 is 0 Å². The summed E-state index contributed by atoms with van der Waals surface area (Å²) in [6.45, 7) is 8.18. The fourth-order valence-electron chi connectivity index (χ4n) is 2.50. The molecule has 21 heavy (non-hydrogen) atoms. The zero-order valence-electron chi connectivity index (χ0n) is 13.5. The molecule has 0 aliphatic heterocycles. The van der Waals surface area contributed by atoms with Crippen LogP contribution in [0, 0.1) is 13.8 Å². The summed E-state index contributed by atoms with van der Waals surface area (Å²) in [7, 11) is 2.14. The highest BCUT2D eigenvalue weighted by Gasteiger charge is 2.07. The molecule has 1 N–H and O–H groups in total. The molecule has 2 aromatic heterocycles. The SMILES string of the molecule is CCc1ncc(CN(C)CCCc2c(C)n[nH]c2C)cn1. The standard InChI is InChI=1S/C16H25N5/c1-5-16-17-9-14(10-18-16)11-21(4)8-6-7-15-12(2)19-20-13(15)3/h9-10H,5-8,11H2,1-4H3,(H,19,20). The normalized spacial score (nSPS) is 11.3. The van der Waals surface area contributed by atoms with Crippen molar-refractivity contribution in [3.05, 3.63) is 40.7 Å². The number of aromatic amines is 1. The van der Waals surface area contributed by atoms with Gasteiger partial charge in [0.15, 0.2) is 0 Å². The van der Waals surface area contributed by atoms with Crippen LogP contribution in [0.25, 0.3) is 0 Å². The molecular weight excluding hydrogens is 262 g/mol. The molecule has 114 valence electrons. The van der Waals surface area contributed by atoms with Gasteiger partial charge in [0.1, 0.15) is 5.82 Å². The molecule has 0 unspecified atom stereocenters. The van der Waals surface area contributed by atoms with E-state index in [1.54, 1.807) is 0 Å². The Kier molecular flexibility index (Phi) is 5.44. The van der Waals surface area contributed by atoms with Crippen LogP contribution in [0.1, 0.15) is 41.7 Å². The van der Waals surface area contributed by atoms with Crippen molar-refractivity contribution in [2.24, 2.45) is 0 Å². The van der Waals surface area contributed by atoms with Crippen molar-refractivity contribution in [3.63, 3.8) is 0 Å². The number of rotatable bonds is 7. The van der Waals surface area contributed by atoms with E-state index in [9.17, 15) is 0 Å². The molecule has 2 heterocycles. The molecule has 0 amide bonds. The van der Waals surface area contributed by atoms with Crippen LogP contribution in [0.3, 0.4) is 0 Å². The second-order valence-corrected chi connectivity index (χ2v) is 5.62. The maximum absolute atomic E-state index is 4.34. The van der Waals surface area contributed by atoms with E-state index in [1.807, 2.05) is 12.4 Å². The number of nitrogens with one attached hydrogen (secondary N) is 1. The van der Waals surface area contributed by atoms with E-state index in [4.69, 9.17) is 0 Å². The summed E-state index contributed by atoms with van der Waals surface area (Å²) in [6, 6.07) is 0. The Hall–Kier alpha value is -1.75. The van der Waals surface area contributed by atoms with E-state index in [1.165, 1.54) is 16.8 Å². The van der Waals surface area contributed by atoms with Crippen molar-refractivity contribution in [1.29, 1.82) is 0 Å². The van der Waals surface area contributed by atoms with Crippen LogP contribution >= 0.6 is 0 Å². The van der Waals surface area contributed by atoms with Crippen LogP contribution in [-0.2, 0) is 19.4 Å². The van der Waals surface area contributed by atoms with Gasteiger partial charge in [0.25, 0.3) is 0 Å². The lowest BCUT2D eigenvalue weighted by atomic mass is 10.1. The molecule has 0 saturated carbocycles. The Morgan fingerprint density at radius 3 is 2.48 bits per heavy atom. The van der Waals surface area contributed by atoms with E-state index in [0.29, 0.717) is 0 Å². The first-order valence-electron chi connectivity index (χ1n) is 7.59. The van der Waals surface area contributed by atoms with E-state index in [2.05, 4.69) is 52.9 Å². The summed E-state index contributed by atoms with van der Waals surface area (Å²) < 4.78 is 0. The molecule has 0 bridgehead atoms. The minimum Gasteiger partial charge on any atom is -0.302 e. The zero-order chi connectivity index (χ0) is 15.2. The highest BCUT2D eigenvalue weighted by molar-refractivity contribution is 5.23. The molecule has 5 heteroatoms. The second kappa shape index (κ2) is 7.31. The summed E-state index contributed by atoms with van der Waals surface area (Å²) in [5.41, 5.74) is 4.85. The van der Waals surface area contributed by atoms with Gasteiger partial charge in [-0.05, 0) is 45.8 Å². The van der Waals surface area contributed by atoms with Crippen LogP contribution in [0.15, 0.2) is 12.4 Å². The highest BCUT2D eigenvalue weighted by Crippen LogP contribution is 2.12. The Morgan fingerprint density at radius 2 is 1.90 bits per heavy atom. The molecule has 5 nitrogen and oxygen atoms in total. The minimum atomic E-state index is 0.888. The van der Waals surface area contributed by atoms with Crippen LogP contribution in [0.5, 0.6) is 0 Å². The number of hydrogen-bond acceptors (Lipinski definition) is 4. The van der Waals surface area contributed by atoms with Crippen LogP contribution in [0.4, 0.5) is 0 Å². The lowest BCUT2D eigenvalue weighted by molar-refractivity contribution is 0.321. The van der Waals surface area contributed by atoms with E-state index >= 15 is 0 Å². The van der Waals surface area contributed by atoms with Crippen molar-refractivity contribution in [3.8, 4) is 0 Å². The quantitative estimate of drug-likeness (QED) is 0.850. The van der Waals surface area contributed by atoms with Gasteiger partial charge in [-0.15, -0.1) is 0 Å². The zero-order valence-corrected chi connectivity index (χ0v) is 13.5. The van der Waals surface area contributed by atoms with Crippen molar-refractivity contribution in [2.45, 2.75) is 46.6 Å². The first-order chi connectivity index (χ1) is 10.1. The number of nitrogens with zero attached hydrogens (tertiary/aromatic N) is 4. The molecule has 0 saturated heterocycles. The molecule has 0 aromatic carbocycles. The minimum absolute atomic E-state index is 0.888. The van der Waals surface area contributed by atoms with E-state index in [0.717, 1.165) is 43.9 Å². The van der Waals surface area contributed by atoms with Crippen molar-refractivity contribution in [2.75, 3.05) is 13.6 Å². The van der Waals surface area contributed by atoms with Gasteiger partial charge in [-0.1, -0.05) is 6.92 Å². The molecule has 2 aromatic rings. The molecule has 0 aliphatic carbocycles. The molecule has 0 fully saturated rings. The summed E-state index contributed by atoms with van der Waals surface area (Å²) >= 11 is 0. The third-order valence-corrected chi connectivity index (χ3v) is 3.77. The number of aromatic nitrogens is 4. The number of hydrogen-bond donors (Lipinski definition) is 1. The van der Waals surface area contributed by atoms with Gasteiger partial charge in [0.05, 0.1) is 5.69 Å². The van der Waals surface area contributed by atoms with Crippen LogP contribution in [-0.4, -0.2) is 38.7 Å².